The molecule has 6 heteroatoms. The van der Waals surface area contributed by atoms with Crippen molar-refractivity contribution in [2.24, 2.45) is 0 Å². The Bertz CT molecular complexity index is 780. The molecule has 4 nitrogen and oxygen atoms in total. The number of benzene rings is 2. The zero-order chi connectivity index (χ0) is 18.2. The maximum absolute atomic E-state index is 12.8. The van der Waals surface area contributed by atoms with Gasteiger partial charge in [-0.2, -0.15) is 8.75 Å². The minimum absolute atomic E-state index is 0.142. The molecule has 0 aliphatic carbocycles. The Balaban J connectivity index is 1.63. The number of carbonyl (C=O) groups is 1. The lowest BCUT2D eigenvalue weighted by atomic mass is 10.1. The van der Waals surface area contributed by atoms with Gasteiger partial charge in [-0.1, -0.05) is 60.7 Å². The van der Waals surface area contributed by atoms with E-state index in [2.05, 4.69) is 33.0 Å². The average Bonchev–Trinajstić information content (AvgIpc) is 3.08. The Morgan fingerprint density at radius 1 is 0.962 bits per heavy atom. The average molecular weight is 384 g/mol. The van der Waals surface area contributed by atoms with E-state index in [4.69, 9.17) is 0 Å². The highest BCUT2D eigenvalue weighted by molar-refractivity contribution is 7.99. The molecule has 26 heavy (non-hydrogen) atoms. The molecule has 0 atom stereocenters. The summed E-state index contributed by atoms with van der Waals surface area (Å²) in [6, 6.07) is 20.2. The van der Waals surface area contributed by atoms with Gasteiger partial charge in [-0.05, 0) is 18.1 Å². The lowest BCUT2D eigenvalue weighted by Gasteiger charge is -2.23. The molecule has 0 N–H and O–H groups in total. The van der Waals surface area contributed by atoms with Gasteiger partial charge in [-0.25, -0.2) is 0 Å². The Hall–Kier alpha value is -2.18. The monoisotopic (exact) mass is 383 g/mol. The largest absolute Gasteiger partial charge is 0.333 e. The third-order valence-corrected chi connectivity index (χ3v) is 5.58. The maximum atomic E-state index is 12.8. The van der Waals surface area contributed by atoms with E-state index in [1.54, 1.807) is 11.8 Å². The van der Waals surface area contributed by atoms with Crippen LogP contribution >= 0.6 is 23.5 Å². The van der Waals surface area contributed by atoms with Crippen molar-refractivity contribution in [2.45, 2.75) is 25.8 Å². The van der Waals surface area contributed by atoms with Crippen LogP contribution in [0.1, 0.15) is 22.5 Å². The zero-order valence-corrected chi connectivity index (χ0v) is 16.3. The van der Waals surface area contributed by atoms with E-state index in [9.17, 15) is 4.79 Å². The second-order valence-electron chi connectivity index (χ2n) is 6.01. The van der Waals surface area contributed by atoms with Gasteiger partial charge in [-0.15, -0.1) is 11.8 Å². The minimum atomic E-state index is 0.142. The van der Waals surface area contributed by atoms with Gasteiger partial charge in [0.2, 0.25) is 5.91 Å². The van der Waals surface area contributed by atoms with E-state index >= 15 is 0 Å². The third-order valence-electron chi connectivity index (χ3n) is 4.00. The number of amides is 1. The third kappa shape index (κ3) is 5.41. The van der Waals surface area contributed by atoms with E-state index in [1.807, 2.05) is 48.2 Å². The van der Waals surface area contributed by atoms with Crippen LogP contribution in [-0.4, -0.2) is 25.3 Å². The quantitative estimate of drug-likeness (QED) is 0.581. The Morgan fingerprint density at radius 3 is 2.04 bits per heavy atom. The lowest BCUT2D eigenvalue weighted by Crippen LogP contribution is -2.31. The smallest absolute Gasteiger partial charge is 0.233 e. The van der Waals surface area contributed by atoms with Gasteiger partial charge in [0.05, 0.1) is 28.9 Å². The molecule has 0 saturated heterocycles. The van der Waals surface area contributed by atoms with Gasteiger partial charge >= 0.3 is 0 Å². The fourth-order valence-electron chi connectivity index (χ4n) is 2.55. The summed E-state index contributed by atoms with van der Waals surface area (Å²) in [6.07, 6.45) is 0. The molecule has 0 bridgehead atoms. The van der Waals surface area contributed by atoms with Crippen LogP contribution in [0.25, 0.3) is 0 Å². The van der Waals surface area contributed by atoms with Crippen LogP contribution in [0.2, 0.25) is 0 Å². The van der Waals surface area contributed by atoms with Crippen molar-refractivity contribution >= 4 is 29.4 Å². The second-order valence-corrected chi connectivity index (χ2v) is 7.52. The van der Waals surface area contributed by atoms with Gasteiger partial charge in [0, 0.05) is 18.8 Å². The van der Waals surface area contributed by atoms with Crippen molar-refractivity contribution in [3.63, 3.8) is 0 Å². The summed E-state index contributed by atoms with van der Waals surface area (Å²) in [6.45, 7) is 3.19. The highest BCUT2D eigenvalue weighted by Gasteiger charge is 2.15. The van der Waals surface area contributed by atoms with Crippen molar-refractivity contribution in [3.05, 3.63) is 83.2 Å². The highest BCUT2D eigenvalue weighted by Crippen LogP contribution is 2.17. The van der Waals surface area contributed by atoms with Crippen LogP contribution in [0.5, 0.6) is 0 Å². The molecule has 0 aliphatic heterocycles. The van der Waals surface area contributed by atoms with E-state index in [0.717, 1.165) is 28.3 Å². The topological polar surface area (TPSA) is 46.1 Å². The van der Waals surface area contributed by atoms with Gasteiger partial charge < -0.3 is 4.90 Å². The van der Waals surface area contributed by atoms with Crippen LogP contribution in [0, 0.1) is 6.92 Å². The summed E-state index contributed by atoms with van der Waals surface area (Å²) >= 11 is 2.82. The van der Waals surface area contributed by atoms with Crippen LogP contribution in [0.4, 0.5) is 0 Å². The van der Waals surface area contributed by atoms with Crippen molar-refractivity contribution in [3.8, 4) is 0 Å². The predicted octanol–water partition coefficient (Wildman–Crippen LogP) is 4.31. The molecule has 0 fully saturated rings. The number of aromatic nitrogens is 2. The van der Waals surface area contributed by atoms with Crippen molar-refractivity contribution in [1.29, 1.82) is 0 Å². The van der Waals surface area contributed by atoms with E-state index < -0.39 is 0 Å². The Kier molecular flexibility index (Phi) is 6.80. The Labute approximate surface area is 162 Å². The summed E-state index contributed by atoms with van der Waals surface area (Å²) in [5, 5.41) is 0. The molecule has 1 heterocycles. The molecule has 1 aromatic heterocycles. The number of rotatable bonds is 8. The molecule has 0 unspecified atom stereocenters. The number of nitrogens with zero attached hydrogens (tertiary/aromatic N) is 3. The summed E-state index contributed by atoms with van der Waals surface area (Å²) < 4.78 is 8.46. The molecule has 1 amide bonds. The Morgan fingerprint density at radius 2 is 1.54 bits per heavy atom. The number of carbonyl (C=O) groups excluding carboxylic acids is 1. The van der Waals surface area contributed by atoms with Gasteiger partial charge in [-0.3, -0.25) is 4.79 Å². The molecule has 0 spiro atoms. The molecule has 3 aromatic rings. The van der Waals surface area contributed by atoms with Crippen LogP contribution in [-0.2, 0) is 23.6 Å². The van der Waals surface area contributed by atoms with E-state index in [0.29, 0.717) is 18.8 Å². The molecule has 134 valence electrons. The second kappa shape index (κ2) is 9.50. The zero-order valence-electron chi connectivity index (χ0n) is 14.7. The number of hydrogen-bond acceptors (Lipinski definition) is 5. The van der Waals surface area contributed by atoms with Crippen LogP contribution < -0.4 is 0 Å². The summed E-state index contributed by atoms with van der Waals surface area (Å²) in [4.78, 5) is 14.8. The van der Waals surface area contributed by atoms with Crippen molar-refractivity contribution in [2.75, 3.05) is 5.75 Å². The lowest BCUT2D eigenvalue weighted by molar-refractivity contribution is -0.129. The molecule has 0 aliphatic rings. The summed E-state index contributed by atoms with van der Waals surface area (Å²) in [7, 11) is 0. The molecular formula is C20H21N3OS2. The minimum Gasteiger partial charge on any atom is -0.333 e. The fourth-order valence-corrected chi connectivity index (χ4v) is 4.12. The molecule has 3 rings (SSSR count). The first-order valence-corrected chi connectivity index (χ1v) is 10.3. The fraction of sp³-hybridized carbons (Fsp3) is 0.250. The molecule has 2 aromatic carbocycles. The molecule has 0 saturated carbocycles. The number of aryl methyl sites for hydroxylation is 1. The first-order chi connectivity index (χ1) is 12.7. The van der Waals surface area contributed by atoms with Crippen molar-refractivity contribution < 1.29 is 4.79 Å². The van der Waals surface area contributed by atoms with E-state index in [1.165, 1.54) is 11.7 Å². The first-order valence-electron chi connectivity index (χ1n) is 8.44. The van der Waals surface area contributed by atoms with Crippen LogP contribution in [0.15, 0.2) is 60.7 Å². The van der Waals surface area contributed by atoms with E-state index in [-0.39, 0.29) is 5.91 Å². The molecule has 0 radical (unpaired) electrons. The summed E-state index contributed by atoms with van der Waals surface area (Å²) in [5.41, 5.74) is 4.22. The van der Waals surface area contributed by atoms with Gasteiger partial charge in [0.15, 0.2) is 0 Å². The van der Waals surface area contributed by atoms with Gasteiger partial charge in [0.1, 0.15) is 0 Å². The predicted molar refractivity (Wildman–Crippen MR) is 108 cm³/mol. The first kappa shape index (κ1) is 18.6. The summed E-state index contributed by atoms with van der Waals surface area (Å²) in [5.74, 6) is 1.30. The standard InChI is InChI=1S/C20H21N3OS2/c1-16-19(22-26-21-16)14-25-15-20(24)23(12-17-8-4-2-5-9-17)13-18-10-6-3-7-11-18/h2-11H,12-15H2,1H3. The maximum Gasteiger partial charge on any atom is 0.233 e. The highest BCUT2D eigenvalue weighted by atomic mass is 32.2. The number of hydrogen-bond donors (Lipinski definition) is 0. The van der Waals surface area contributed by atoms with Crippen LogP contribution in [0.3, 0.4) is 0 Å². The normalized spacial score (nSPS) is 10.7. The van der Waals surface area contributed by atoms with Gasteiger partial charge in [0.25, 0.3) is 0 Å². The SMILES string of the molecule is Cc1nsnc1CSCC(=O)N(Cc1ccccc1)Cc1ccccc1. The van der Waals surface area contributed by atoms with Crippen molar-refractivity contribution in [1.82, 2.24) is 13.6 Å². The number of thioether (sulfide) groups is 1. The molecular weight excluding hydrogens is 362 g/mol.